The van der Waals surface area contributed by atoms with Crippen LogP contribution in [0.1, 0.15) is 37.7 Å². The summed E-state index contributed by atoms with van der Waals surface area (Å²) in [5.41, 5.74) is 0.938. The number of rotatable bonds is 5. The van der Waals surface area contributed by atoms with E-state index in [0.717, 1.165) is 31.4 Å². The second kappa shape index (κ2) is 7.18. The molecule has 1 aliphatic rings. The number of halogens is 2. The first-order chi connectivity index (χ1) is 9.56. The molecule has 1 saturated heterocycles. The van der Waals surface area contributed by atoms with Gasteiger partial charge in [0.2, 0.25) is 0 Å². The minimum absolute atomic E-state index is 0.204. The molecule has 0 aromatic heterocycles. The first kappa shape index (κ1) is 15.4. The zero-order chi connectivity index (χ0) is 14.5. The molecule has 20 heavy (non-hydrogen) atoms. The Morgan fingerprint density at radius 3 is 2.95 bits per heavy atom. The molecular weight excluding hydrogens is 325 g/mol. The van der Waals surface area contributed by atoms with E-state index in [1.807, 2.05) is 6.07 Å². The molecule has 0 bridgehead atoms. The number of carbonyl (C=O) groups is 1. The molecule has 1 unspecified atom stereocenters. The Bertz CT molecular complexity index is 481. The van der Waals surface area contributed by atoms with E-state index in [1.165, 1.54) is 0 Å². The Kier molecular flexibility index (Phi) is 5.54. The highest BCUT2D eigenvalue weighted by Crippen LogP contribution is 2.24. The molecule has 0 saturated carbocycles. The number of carboxylic acids is 1. The van der Waals surface area contributed by atoms with Crippen molar-refractivity contribution >= 4 is 21.9 Å². The Morgan fingerprint density at radius 2 is 2.25 bits per heavy atom. The number of carboxylic acid groups (broad SMARTS) is 1. The number of nitrogens with zero attached hydrogens (tertiary/aromatic N) is 1. The van der Waals surface area contributed by atoms with Crippen LogP contribution in [0.25, 0.3) is 0 Å². The van der Waals surface area contributed by atoms with Crippen molar-refractivity contribution in [1.82, 2.24) is 4.90 Å². The van der Waals surface area contributed by atoms with Crippen LogP contribution in [0, 0.1) is 5.82 Å². The summed E-state index contributed by atoms with van der Waals surface area (Å²) in [6.45, 7) is 1.65. The highest BCUT2D eigenvalue weighted by Gasteiger charge is 2.23. The van der Waals surface area contributed by atoms with Crippen LogP contribution < -0.4 is 0 Å². The van der Waals surface area contributed by atoms with Gasteiger partial charge < -0.3 is 5.11 Å². The standard InChI is InChI=1S/C15H19BrFNO2/c16-13-6-4-11(9-14(13)17)10-18-8-2-1-3-12(18)5-7-15(19)20/h4,6,9,12H,1-3,5,7-8,10H2,(H,19,20). The molecule has 1 N–H and O–H groups in total. The average Bonchev–Trinajstić information content (AvgIpc) is 2.42. The van der Waals surface area contributed by atoms with Crippen molar-refractivity contribution in [3.05, 3.63) is 34.1 Å². The van der Waals surface area contributed by atoms with Crippen LogP contribution in [-0.4, -0.2) is 28.6 Å². The van der Waals surface area contributed by atoms with E-state index in [0.29, 0.717) is 23.5 Å². The second-order valence-electron chi connectivity index (χ2n) is 5.30. The summed E-state index contributed by atoms with van der Waals surface area (Å²) in [6, 6.07) is 5.48. The number of likely N-dealkylation sites (tertiary alicyclic amines) is 1. The summed E-state index contributed by atoms with van der Waals surface area (Å²) in [5, 5.41) is 8.81. The summed E-state index contributed by atoms with van der Waals surface area (Å²) in [5.74, 6) is -0.994. The lowest BCUT2D eigenvalue weighted by atomic mass is 9.97. The fourth-order valence-electron chi connectivity index (χ4n) is 2.76. The molecular formula is C15H19BrFNO2. The lowest BCUT2D eigenvalue weighted by Gasteiger charge is -2.35. The van der Waals surface area contributed by atoms with Gasteiger partial charge >= 0.3 is 5.97 Å². The normalized spacial score (nSPS) is 20.0. The number of aliphatic carboxylic acids is 1. The van der Waals surface area contributed by atoms with Crippen LogP contribution in [-0.2, 0) is 11.3 Å². The number of hydrogen-bond donors (Lipinski definition) is 1. The van der Waals surface area contributed by atoms with Gasteiger partial charge in [-0.3, -0.25) is 9.69 Å². The molecule has 3 nitrogen and oxygen atoms in total. The van der Waals surface area contributed by atoms with Crippen LogP contribution in [0.4, 0.5) is 4.39 Å². The number of piperidine rings is 1. The first-order valence-electron chi connectivity index (χ1n) is 6.96. The molecule has 1 aromatic carbocycles. The Hall–Kier alpha value is -0.940. The van der Waals surface area contributed by atoms with E-state index in [4.69, 9.17) is 5.11 Å². The van der Waals surface area contributed by atoms with Gasteiger partial charge in [-0.2, -0.15) is 0 Å². The summed E-state index contributed by atoms with van der Waals surface area (Å²) in [6.07, 6.45) is 4.19. The average molecular weight is 344 g/mol. The van der Waals surface area contributed by atoms with Crippen LogP contribution in [0.5, 0.6) is 0 Å². The Balaban J connectivity index is 2.00. The Labute approximate surface area is 126 Å². The molecule has 1 fully saturated rings. The van der Waals surface area contributed by atoms with Gasteiger partial charge in [0, 0.05) is 19.0 Å². The minimum Gasteiger partial charge on any atom is -0.481 e. The molecule has 0 spiro atoms. The maximum atomic E-state index is 13.5. The summed E-state index contributed by atoms with van der Waals surface area (Å²) < 4.78 is 14.0. The molecule has 1 aliphatic heterocycles. The summed E-state index contributed by atoms with van der Waals surface area (Å²) in [7, 11) is 0. The highest BCUT2D eigenvalue weighted by molar-refractivity contribution is 9.10. The second-order valence-corrected chi connectivity index (χ2v) is 6.16. The fourth-order valence-corrected chi connectivity index (χ4v) is 3.00. The molecule has 0 aliphatic carbocycles. The topological polar surface area (TPSA) is 40.5 Å². The minimum atomic E-state index is -0.745. The van der Waals surface area contributed by atoms with E-state index >= 15 is 0 Å². The van der Waals surface area contributed by atoms with Gasteiger partial charge in [0.1, 0.15) is 5.82 Å². The zero-order valence-electron chi connectivity index (χ0n) is 11.3. The van der Waals surface area contributed by atoms with Crippen molar-refractivity contribution in [1.29, 1.82) is 0 Å². The predicted octanol–water partition coefficient (Wildman–Crippen LogP) is 3.81. The lowest BCUT2D eigenvalue weighted by Crippen LogP contribution is -2.39. The molecule has 1 heterocycles. The summed E-state index contributed by atoms with van der Waals surface area (Å²) in [4.78, 5) is 13.0. The third-order valence-electron chi connectivity index (χ3n) is 3.81. The van der Waals surface area contributed by atoms with E-state index in [-0.39, 0.29) is 12.2 Å². The van der Waals surface area contributed by atoms with E-state index < -0.39 is 5.97 Å². The third-order valence-corrected chi connectivity index (χ3v) is 4.45. The molecule has 2 rings (SSSR count). The van der Waals surface area contributed by atoms with Crippen molar-refractivity contribution < 1.29 is 14.3 Å². The van der Waals surface area contributed by atoms with Crippen molar-refractivity contribution in [2.45, 2.75) is 44.7 Å². The molecule has 1 atom stereocenters. The highest BCUT2D eigenvalue weighted by atomic mass is 79.9. The smallest absolute Gasteiger partial charge is 0.303 e. The largest absolute Gasteiger partial charge is 0.481 e. The Morgan fingerprint density at radius 1 is 1.45 bits per heavy atom. The van der Waals surface area contributed by atoms with Crippen LogP contribution >= 0.6 is 15.9 Å². The molecule has 0 radical (unpaired) electrons. The van der Waals surface area contributed by atoms with Gasteiger partial charge in [0.05, 0.1) is 4.47 Å². The van der Waals surface area contributed by atoms with Gasteiger partial charge in [0.25, 0.3) is 0 Å². The van der Waals surface area contributed by atoms with Gasteiger partial charge in [-0.25, -0.2) is 4.39 Å². The van der Waals surface area contributed by atoms with Crippen LogP contribution in [0.2, 0.25) is 0 Å². The maximum Gasteiger partial charge on any atom is 0.303 e. The van der Waals surface area contributed by atoms with Crippen LogP contribution in [0.3, 0.4) is 0 Å². The lowest BCUT2D eigenvalue weighted by molar-refractivity contribution is -0.137. The van der Waals surface area contributed by atoms with Gasteiger partial charge in [0.15, 0.2) is 0 Å². The van der Waals surface area contributed by atoms with Gasteiger partial charge in [-0.1, -0.05) is 12.5 Å². The summed E-state index contributed by atoms with van der Waals surface area (Å²) >= 11 is 3.15. The number of benzene rings is 1. The molecule has 5 heteroatoms. The van der Waals surface area contributed by atoms with E-state index in [2.05, 4.69) is 20.8 Å². The SMILES string of the molecule is O=C(O)CCC1CCCCN1Cc1ccc(Br)c(F)c1. The van der Waals surface area contributed by atoms with Gasteiger partial charge in [-0.15, -0.1) is 0 Å². The monoisotopic (exact) mass is 343 g/mol. The van der Waals surface area contributed by atoms with Crippen molar-refractivity contribution in [2.75, 3.05) is 6.54 Å². The van der Waals surface area contributed by atoms with E-state index in [1.54, 1.807) is 12.1 Å². The molecule has 0 amide bonds. The fraction of sp³-hybridized carbons (Fsp3) is 0.533. The predicted molar refractivity (Wildman–Crippen MR) is 79.0 cm³/mol. The maximum absolute atomic E-state index is 13.5. The number of hydrogen-bond acceptors (Lipinski definition) is 2. The van der Waals surface area contributed by atoms with Crippen molar-refractivity contribution in [3.8, 4) is 0 Å². The molecule has 110 valence electrons. The van der Waals surface area contributed by atoms with Crippen molar-refractivity contribution in [3.63, 3.8) is 0 Å². The first-order valence-corrected chi connectivity index (χ1v) is 7.75. The van der Waals surface area contributed by atoms with Crippen LogP contribution in [0.15, 0.2) is 22.7 Å². The quantitative estimate of drug-likeness (QED) is 0.883. The molecule has 1 aromatic rings. The van der Waals surface area contributed by atoms with Gasteiger partial charge in [-0.05, 0) is 59.4 Å². The third kappa shape index (κ3) is 4.28. The van der Waals surface area contributed by atoms with Crippen molar-refractivity contribution in [2.24, 2.45) is 0 Å². The zero-order valence-corrected chi connectivity index (χ0v) is 12.9. The van der Waals surface area contributed by atoms with E-state index in [9.17, 15) is 9.18 Å².